The average Bonchev–Trinajstić information content (AvgIpc) is 3.24. The Morgan fingerprint density at radius 2 is 2.12 bits per heavy atom. The quantitative estimate of drug-likeness (QED) is 0.710. The number of hydrogen-bond acceptors (Lipinski definition) is 6. The highest BCUT2D eigenvalue weighted by molar-refractivity contribution is 5.95. The van der Waals surface area contributed by atoms with Gasteiger partial charge in [0.05, 0.1) is 30.3 Å². The zero-order valence-corrected chi connectivity index (χ0v) is 14.4. The standard InChI is InChI=1S/C17H19N5O3/c1-10-6-15(11(2)24-10)17(23)21-7-13(16-19-12(3)20-25-16)8-22-14(9-21)4-5-18-22/h4-6,13H,7-9H2,1-3H3. The Hall–Kier alpha value is -2.90. The highest BCUT2D eigenvalue weighted by atomic mass is 16.5. The molecule has 3 aromatic rings. The number of fused-ring (bicyclic) bond motifs is 1. The maximum absolute atomic E-state index is 13.1. The second kappa shape index (κ2) is 5.87. The largest absolute Gasteiger partial charge is 0.466 e. The van der Waals surface area contributed by atoms with Gasteiger partial charge < -0.3 is 13.8 Å². The van der Waals surface area contributed by atoms with Crippen molar-refractivity contribution in [2.75, 3.05) is 6.54 Å². The van der Waals surface area contributed by atoms with Crippen LogP contribution in [0.3, 0.4) is 0 Å². The number of aryl methyl sites for hydroxylation is 3. The molecule has 0 aromatic carbocycles. The van der Waals surface area contributed by atoms with E-state index in [2.05, 4.69) is 15.2 Å². The first-order chi connectivity index (χ1) is 12.0. The van der Waals surface area contributed by atoms with Crippen molar-refractivity contribution in [2.45, 2.75) is 39.8 Å². The summed E-state index contributed by atoms with van der Waals surface area (Å²) >= 11 is 0. The summed E-state index contributed by atoms with van der Waals surface area (Å²) in [5.74, 6) is 2.29. The molecule has 130 valence electrons. The molecule has 8 heteroatoms. The number of rotatable bonds is 2. The fraction of sp³-hybridized carbons (Fsp3) is 0.412. The van der Waals surface area contributed by atoms with Crippen molar-refractivity contribution in [1.29, 1.82) is 0 Å². The molecule has 0 saturated heterocycles. The number of hydrogen-bond donors (Lipinski definition) is 0. The van der Waals surface area contributed by atoms with Crippen molar-refractivity contribution < 1.29 is 13.7 Å². The van der Waals surface area contributed by atoms with Crippen molar-refractivity contribution in [3.05, 3.63) is 52.8 Å². The highest BCUT2D eigenvalue weighted by Crippen LogP contribution is 2.26. The van der Waals surface area contributed by atoms with Gasteiger partial charge in [-0.15, -0.1) is 0 Å². The van der Waals surface area contributed by atoms with Gasteiger partial charge in [-0.05, 0) is 32.9 Å². The third-order valence-electron chi connectivity index (χ3n) is 4.44. The third-order valence-corrected chi connectivity index (χ3v) is 4.44. The summed E-state index contributed by atoms with van der Waals surface area (Å²) in [5, 5.41) is 8.24. The van der Waals surface area contributed by atoms with Gasteiger partial charge in [0.25, 0.3) is 5.91 Å². The molecule has 1 atom stereocenters. The first-order valence-electron chi connectivity index (χ1n) is 8.18. The van der Waals surface area contributed by atoms with E-state index < -0.39 is 0 Å². The van der Waals surface area contributed by atoms with Crippen molar-refractivity contribution in [3.63, 3.8) is 0 Å². The van der Waals surface area contributed by atoms with Gasteiger partial charge in [0.1, 0.15) is 11.5 Å². The molecule has 0 radical (unpaired) electrons. The van der Waals surface area contributed by atoms with Crippen LogP contribution in [-0.4, -0.2) is 37.3 Å². The second-order valence-corrected chi connectivity index (χ2v) is 6.39. The molecule has 0 saturated carbocycles. The van der Waals surface area contributed by atoms with Gasteiger partial charge >= 0.3 is 0 Å². The number of furan rings is 1. The molecular formula is C17H19N5O3. The third kappa shape index (κ3) is 2.84. The van der Waals surface area contributed by atoms with Crippen LogP contribution in [0.4, 0.5) is 0 Å². The normalized spacial score (nSPS) is 17.4. The van der Waals surface area contributed by atoms with E-state index in [9.17, 15) is 4.79 Å². The molecule has 25 heavy (non-hydrogen) atoms. The van der Waals surface area contributed by atoms with E-state index in [4.69, 9.17) is 8.94 Å². The van der Waals surface area contributed by atoms with Crippen LogP contribution in [0.15, 0.2) is 27.3 Å². The minimum Gasteiger partial charge on any atom is -0.466 e. The summed E-state index contributed by atoms with van der Waals surface area (Å²) in [5.41, 5.74) is 1.57. The molecule has 1 aliphatic heterocycles. The van der Waals surface area contributed by atoms with Crippen LogP contribution >= 0.6 is 0 Å². The zero-order valence-electron chi connectivity index (χ0n) is 14.4. The first-order valence-corrected chi connectivity index (χ1v) is 8.18. The van der Waals surface area contributed by atoms with Crippen molar-refractivity contribution >= 4 is 5.91 Å². The SMILES string of the molecule is Cc1noc(C2CN(C(=O)c3cc(C)oc3C)Cc3ccnn3C2)n1. The Kier molecular flexibility index (Phi) is 3.67. The predicted octanol–water partition coefficient (Wildman–Crippen LogP) is 2.22. The molecule has 0 N–H and O–H groups in total. The molecule has 0 aliphatic carbocycles. The lowest BCUT2D eigenvalue weighted by Gasteiger charge is -2.22. The van der Waals surface area contributed by atoms with Gasteiger partial charge in [-0.2, -0.15) is 10.1 Å². The van der Waals surface area contributed by atoms with Gasteiger partial charge in [0.2, 0.25) is 5.89 Å². The smallest absolute Gasteiger partial charge is 0.257 e. The lowest BCUT2D eigenvalue weighted by Crippen LogP contribution is -2.33. The van der Waals surface area contributed by atoms with Gasteiger partial charge in [0.15, 0.2) is 5.82 Å². The van der Waals surface area contributed by atoms with Gasteiger partial charge in [0, 0.05) is 12.7 Å². The Morgan fingerprint density at radius 1 is 1.28 bits per heavy atom. The maximum atomic E-state index is 13.1. The van der Waals surface area contributed by atoms with Crippen LogP contribution in [0.2, 0.25) is 0 Å². The van der Waals surface area contributed by atoms with Gasteiger partial charge in [-0.25, -0.2) is 0 Å². The minimum absolute atomic E-state index is 0.0646. The average molecular weight is 341 g/mol. The van der Waals surface area contributed by atoms with E-state index in [1.54, 1.807) is 31.0 Å². The molecule has 4 rings (SSSR count). The molecule has 0 bridgehead atoms. The van der Waals surface area contributed by atoms with Gasteiger partial charge in [-0.1, -0.05) is 5.16 Å². The molecular weight excluding hydrogens is 322 g/mol. The van der Waals surface area contributed by atoms with E-state index in [0.29, 0.717) is 42.7 Å². The Bertz CT molecular complexity index is 923. The Morgan fingerprint density at radius 3 is 2.80 bits per heavy atom. The Balaban J connectivity index is 1.69. The van der Waals surface area contributed by atoms with Crippen molar-refractivity contribution in [2.24, 2.45) is 0 Å². The van der Waals surface area contributed by atoms with Crippen LogP contribution in [0, 0.1) is 20.8 Å². The number of carbonyl (C=O) groups excluding carboxylic acids is 1. The Labute approximate surface area is 144 Å². The first kappa shape index (κ1) is 15.6. The summed E-state index contributed by atoms with van der Waals surface area (Å²) < 4.78 is 12.8. The summed E-state index contributed by atoms with van der Waals surface area (Å²) in [6.07, 6.45) is 1.74. The highest BCUT2D eigenvalue weighted by Gasteiger charge is 2.31. The predicted molar refractivity (Wildman–Crippen MR) is 86.9 cm³/mol. The molecule has 0 fully saturated rings. The summed E-state index contributed by atoms with van der Waals surface area (Å²) in [6.45, 7) is 6.98. The molecule has 1 unspecified atom stereocenters. The van der Waals surface area contributed by atoms with E-state index in [0.717, 1.165) is 11.5 Å². The molecule has 1 aliphatic rings. The van der Waals surface area contributed by atoms with E-state index in [-0.39, 0.29) is 11.8 Å². The lowest BCUT2D eigenvalue weighted by molar-refractivity contribution is 0.0730. The van der Waals surface area contributed by atoms with Crippen molar-refractivity contribution in [3.8, 4) is 0 Å². The van der Waals surface area contributed by atoms with Crippen LogP contribution in [0.5, 0.6) is 0 Å². The van der Waals surface area contributed by atoms with Gasteiger partial charge in [-0.3, -0.25) is 9.48 Å². The topological polar surface area (TPSA) is 90.2 Å². The number of carbonyl (C=O) groups is 1. The van der Waals surface area contributed by atoms with Crippen LogP contribution in [0.25, 0.3) is 0 Å². The number of amides is 1. The van der Waals surface area contributed by atoms with E-state index in [1.165, 1.54) is 0 Å². The molecule has 4 heterocycles. The monoisotopic (exact) mass is 341 g/mol. The fourth-order valence-electron chi connectivity index (χ4n) is 3.25. The molecule has 1 amide bonds. The lowest BCUT2D eigenvalue weighted by atomic mass is 10.1. The summed E-state index contributed by atoms with van der Waals surface area (Å²) in [7, 11) is 0. The van der Waals surface area contributed by atoms with Crippen molar-refractivity contribution in [1.82, 2.24) is 24.8 Å². The molecule has 3 aromatic heterocycles. The van der Waals surface area contributed by atoms with Crippen LogP contribution < -0.4 is 0 Å². The number of nitrogens with zero attached hydrogens (tertiary/aromatic N) is 5. The summed E-state index contributed by atoms with van der Waals surface area (Å²) in [6, 6.07) is 3.71. The maximum Gasteiger partial charge on any atom is 0.257 e. The van der Waals surface area contributed by atoms with Crippen LogP contribution in [0.1, 0.15) is 45.2 Å². The van der Waals surface area contributed by atoms with Crippen LogP contribution in [-0.2, 0) is 13.1 Å². The minimum atomic E-state index is -0.111. The zero-order chi connectivity index (χ0) is 17.6. The fourth-order valence-corrected chi connectivity index (χ4v) is 3.25. The second-order valence-electron chi connectivity index (χ2n) is 6.39. The van der Waals surface area contributed by atoms with E-state index in [1.807, 2.05) is 17.7 Å². The summed E-state index contributed by atoms with van der Waals surface area (Å²) in [4.78, 5) is 19.2. The molecule has 0 spiro atoms. The number of aromatic nitrogens is 4. The molecule has 8 nitrogen and oxygen atoms in total. The van der Waals surface area contributed by atoms with E-state index >= 15 is 0 Å².